The zero-order valence-corrected chi connectivity index (χ0v) is 17.8. The van der Waals surface area contributed by atoms with Crippen LogP contribution < -0.4 is 5.56 Å². The highest BCUT2D eigenvalue weighted by Crippen LogP contribution is 2.26. The molecule has 0 saturated carbocycles. The van der Waals surface area contributed by atoms with E-state index in [9.17, 15) is 4.79 Å². The Hall–Kier alpha value is -3.36. The van der Waals surface area contributed by atoms with Crippen LogP contribution in [0.2, 0.25) is 0 Å². The molecule has 8 heteroatoms. The molecule has 1 N–H and O–H groups in total. The Morgan fingerprint density at radius 2 is 1.77 bits per heavy atom. The Balaban J connectivity index is 1.83. The van der Waals surface area contributed by atoms with Gasteiger partial charge >= 0.3 is 0 Å². The average molecular weight is 477 g/mol. The van der Waals surface area contributed by atoms with Crippen molar-refractivity contribution < 1.29 is 4.42 Å². The van der Waals surface area contributed by atoms with E-state index in [0.717, 1.165) is 10.0 Å². The molecular formula is C22H13BrN4O2S. The van der Waals surface area contributed by atoms with Crippen LogP contribution in [0.1, 0.15) is 0 Å². The molecule has 0 saturated heterocycles. The summed E-state index contributed by atoms with van der Waals surface area (Å²) in [6.07, 6.45) is 0. The SMILES string of the molecule is O=c1c2cc(Br)ccc2nc(-c2ccccc2)n1-c1cccc(-c2n[nH]c(=S)o2)c1. The molecule has 2 heterocycles. The van der Waals surface area contributed by atoms with E-state index in [2.05, 4.69) is 26.1 Å². The first-order valence-electron chi connectivity index (χ1n) is 9.04. The van der Waals surface area contributed by atoms with Crippen molar-refractivity contribution in [2.75, 3.05) is 0 Å². The highest BCUT2D eigenvalue weighted by Gasteiger charge is 2.16. The van der Waals surface area contributed by atoms with Crippen molar-refractivity contribution in [1.82, 2.24) is 19.7 Å². The molecule has 0 spiro atoms. The fourth-order valence-corrected chi connectivity index (χ4v) is 3.80. The van der Waals surface area contributed by atoms with Gasteiger partial charge in [0.05, 0.1) is 16.6 Å². The number of aromatic nitrogens is 4. The van der Waals surface area contributed by atoms with Gasteiger partial charge in [0, 0.05) is 15.6 Å². The third-order valence-corrected chi connectivity index (χ3v) is 5.32. The maximum Gasteiger partial charge on any atom is 0.284 e. The summed E-state index contributed by atoms with van der Waals surface area (Å²) in [7, 11) is 0. The maximum absolute atomic E-state index is 13.6. The van der Waals surface area contributed by atoms with Crippen LogP contribution in [0.15, 0.2) is 86.5 Å². The van der Waals surface area contributed by atoms with Gasteiger partial charge in [-0.25, -0.2) is 10.1 Å². The van der Waals surface area contributed by atoms with E-state index in [1.807, 2.05) is 66.7 Å². The summed E-state index contributed by atoms with van der Waals surface area (Å²) in [6, 6.07) is 22.5. The molecule has 2 aromatic heterocycles. The molecular weight excluding hydrogens is 464 g/mol. The average Bonchev–Trinajstić information content (AvgIpc) is 3.21. The van der Waals surface area contributed by atoms with Gasteiger partial charge in [-0.3, -0.25) is 9.36 Å². The minimum Gasteiger partial charge on any atom is -0.409 e. The first kappa shape index (κ1) is 18.7. The number of nitrogens with one attached hydrogen (secondary N) is 1. The minimum absolute atomic E-state index is 0.166. The number of H-pyrrole nitrogens is 1. The van der Waals surface area contributed by atoms with Crippen molar-refractivity contribution in [2.24, 2.45) is 0 Å². The molecule has 146 valence electrons. The predicted molar refractivity (Wildman–Crippen MR) is 121 cm³/mol. The molecule has 6 nitrogen and oxygen atoms in total. The summed E-state index contributed by atoms with van der Waals surface area (Å²) in [5.74, 6) is 0.906. The third kappa shape index (κ3) is 3.30. The van der Waals surface area contributed by atoms with Crippen molar-refractivity contribution in [3.63, 3.8) is 0 Å². The van der Waals surface area contributed by atoms with Crippen molar-refractivity contribution >= 4 is 39.1 Å². The van der Waals surface area contributed by atoms with Gasteiger partial charge in [-0.15, -0.1) is 5.10 Å². The normalized spacial score (nSPS) is 11.1. The molecule has 0 amide bonds. The number of halogens is 1. The summed E-state index contributed by atoms with van der Waals surface area (Å²) in [4.78, 5) is 18.6. The Kier molecular flexibility index (Phi) is 4.65. The van der Waals surface area contributed by atoms with Crippen LogP contribution in [0.3, 0.4) is 0 Å². The fourth-order valence-electron chi connectivity index (χ4n) is 3.31. The van der Waals surface area contributed by atoms with Crippen LogP contribution in [-0.2, 0) is 0 Å². The molecule has 0 aliphatic rings. The van der Waals surface area contributed by atoms with Crippen LogP contribution in [-0.4, -0.2) is 19.7 Å². The highest BCUT2D eigenvalue weighted by molar-refractivity contribution is 9.10. The van der Waals surface area contributed by atoms with Crippen molar-refractivity contribution in [3.8, 4) is 28.5 Å². The van der Waals surface area contributed by atoms with Crippen LogP contribution in [0.4, 0.5) is 0 Å². The third-order valence-electron chi connectivity index (χ3n) is 4.65. The molecule has 0 unspecified atom stereocenters. The van der Waals surface area contributed by atoms with Gasteiger partial charge in [0.15, 0.2) is 0 Å². The predicted octanol–water partition coefficient (Wildman–Crippen LogP) is 5.53. The van der Waals surface area contributed by atoms with Crippen LogP contribution in [0.5, 0.6) is 0 Å². The number of benzene rings is 3. The number of rotatable bonds is 3. The molecule has 0 radical (unpaired) electrons. The summed E-state index contributed by atoms with van der Waals surface area (Å²) in [6.45, 7) is 0. The van der Waals surface area contributed by atoms with Gasteiger partial charge in [0.25, 0.3) is 10.4 Å². The number of hydrogen-bond donors (Lipinski definition) is 1. The summed E-state index contributed by atoms with van der Waals surface area (Å²) >= 11 is 8.42. The van der Waals surface area contributed by atoms with Gasteiger partial charge in [0.2, 0.25) is 5.89 Å². The summed E-state index contributed by atoms with van der Waals surface area (Å²) in [5, 5.41) is 7.22. The van der Waals surface area contributed by atoms with Gasteiger partial charge in [-0.2, -0.15) is 0 Å². The van der Waals surface area contributed by atoms with Crippen LogP contribution in [0.25, 0.3) is 39.4 Å². The van der Waals surface area contributed by atoms with Crippen molar-refractivity contribution in [3.05, 3.63) is 92.5 Å². The molecule has 0 atom stereocenters. The largest absolute Gasteiger partial charge is 0.409 e. The Morgan fingerprint density at radius 1 is 0.967 bits per heavy atom. The Bertz CT molecular complexity index is 1510. The molecule has 5 aromatic rings. The molecule has 0 aliphatic heterocycles. The molecule has 3 aromatic carbocycles. The molecule has 30 heavy (non-hydrogen) atoms. The first-order chi connectivity index (χ1) is 14.6. The van der Waals surface area contributed by atoms with Crippen LogP contribution >= 0.6 is 28.1 Å². The van der Waals surface area contributed by atoms with Gasteiger partial charge in [0.1, 0.15) is 5.82 Å². The Morgan fingerprint density at radius 3 is 2.53 bits per heavy atom. The zero-order chi connectivity index (χ0) is 20.7. The van der Waals surface area contributed by atoms with E-state index in [0.29, 0.717) is 33.9 Å². The van der Waals surface area contributed by atoms with Gasteiger partial charge in [-0.05, 0) is 48.6 Å². The van der Waals surface area contributed by atoms with Gasteiger partial charge < -0.3 is 4.42 Å². The molecule has 0 bridgehead atoms. The van der Waals surface area contributed by atoms with E-state index < -0.39 is 0 Å². The highest BCUT2D eigenvalue weighted by atomic mass is 79.9. The maximum atomic E-state index is 13.6. The number of fused-ring (bicyclic) bond motifs is 1. The minimum atomic E-state index is -0.166. The monoisotopic (exact) mass is 476 g/mol. The fraction of sp³-hybridized carbons (Fsp3) is 0. The quantitative estimate of drug-likeness (QED) is 0.346. The molecule has 0 aliphatic carbocycles. The summed E-state index contributed by atoms with van der Waals surface area (Å²) in [5.41, 5.74) is 2.64. The lowest BCUT2D eigenvalue weighted by atomic mass is 10.1. The first-order valence-corrected chi connectivity index (χ1v) is 10.2. The van der Waals surface area contributed by atoms with E-state index in [-0.39, 0.29) is 10.4 Å². The second-order valence-electron chi connectivity index (χ2n) is 6.57. The summed E-state index contributed by atoms with van der Waals surface area (Å²) < 4.78 is 7.85. The lowest BCUT2D eigenvalue weighted by Crippen LogP contribution is -2.22. The van der Waals surface area contributed by atoms with E-state index in [4.69, 9.17) is 21.6 Å². The second-order valence-corrected chi connectivity index (χ2v) is 7.86. The smallest absolute Gasteiger partial charge is 0.284 e. The van der Waals surface area contributed by atoms with Crippen molar-refractivity contribution in [2.45, 2.75) is 0 Å². The second kappa shape index (κ2) is 7.47. The standard InChI is InChI=1S/C22H13BrN4O2S/c23-15-9-10-18-17(12-15)21(28)27(19(24-18)13-5-2-1-3-6-13)16-8-4-7-14(11-16)20-25-26-22(30)29-20/h1-12H,(H,26,30). The van der Waals surface area contributed by atoms with Crippen LogP contribution in [0, 0.1) is 4.84 Å². The zero-order valence-electron chi connectivity index (χ0n) is 15.4. The lowest BCUT2D eigenvalue weighted by Gasteiger charge is -2.14. The van der Waals surface area contributed by atoms with E-state index >= 15 is 0 Å². The number of hydrogen-bond acceptors (Lipinski definition) is 5. The topological polar surface area (TPSA) is 76.7 Å². The Labute approximate surface area is 184 Å². The number of aromatic amines is 1. The number of nitrogens with zero attached hydrogens (tertiary/aromatic N) is 3. The van der Waals surface area contributed by atoms with E-state index in [1.54, 1.807) is 10.6 Å². The molecule has 5 rings (SSSR count). The molecule has 0 fully saturated rings. The van der Waals surface area contributed by atoms with E-state index in [1.165, 1.54) is 0 Å². The lowest BCUT2D eigenvalue weighted by molar-refractivity contribution is 0.552. The van der Waals surface area contributed by atoms with Gasteiger partial charge in [-0.1, -0.05) is 52.3 Å². The van der Waals surface area contributed by atoms with Crippen molar-refractivity contribution in [1.29, 1.82) is 0 Å².